The molecule has 0 heterocycles. The van der Waals surface area contributed by atoms with Crippen molar-refractivity contribution < 1.29 is 38.0 Å². The highest BCUT2D eigenvalue weighted by molar-refractivity contribution is 5.79. The van der Waals surface area contributed by atoms with Crippen LogP contribution in [0.15, 0.2) is 48.5 Å². The molecule has 3 rings (SSSR count). The molecule has 0 atom stereocenters. The van der Waals surface area contributed by atoms with Crippen molar-refractivity contribution in [1.29, 1.82) is 0 Å². The van der Waals surface area contributed by atoms with Gasteiger partial charge in [-0.1, -0.05) is 100 Å². The van der Waals surface area contributed by atoms with Crippen LogP contribution in [0.1, 0.15) is 75.3 Å². The number of nitrogens with zero attached hydrogens (tertiary/aromatic N) is 1. The van der Waals surface area contributed by atoms with Crippen LogP contribution in [0.25, 0.3) is 11.1 Å². The van der Waals surface area contributed by atoms with Crippen LogP contribution in [0.4, 0.5) is 4.79 Å². The number of ether oxygens (including phenoxy) is 7. The molecule has 1 aliphatic carbocycles. The van der Waals surface area contributed by atoms with Crippen LogP contribution in [0, 0.1) is 0 Å². The first-order valence-electron chi connectivity index (χ1n) is 17.7. The Hall–Kier alpha value is -2.53. The van der Waals surface area contributed by atoms with Crippen LogP contribution in [-0.4, -0.2) is 110 Å². The topological polar surface area (TPSA) is 84.9 Å². The summed E-state index contributed by atoms with van der Waals surface area (Å²) < 4.78 is 39.1. The van der Waals surface area contributed by atoms with E-state index in [1.165, 1.54) is 67.2 Å². The minimum absolute atomic E-state index is 0.0500. The minimum Gasteiger partial charge on any atom is -0.448 e. The lowest BCUT2D eigenvalue weighted by Crippen LogP contribution is -2.32. The molecule has 0 bridgehead atoms. The van der Waals surface area contributed by atoms with Crippen molar-refractivity contribution in [3.05, 3.63) is 59.7 Å². The van der Waals surface area contributed by atoms with Crippen molar-refractivity contribution in [2.75, 3.05) is 99.5 Å². The van der Waals surface area contributed by atoms with E-state index in [1.807, 2.05) is 24.3 Å². The van der Waals surface area contributed by atoms with Crippen LogP contribution < -0.4 is 0 Å². The number of carbonyl (C=O) groups is 1. The Bertz CT molecular complexity index is 1040. The maximum absolute atomic E-state index is 12.6. The number of likely N-dealkylation sites (N-methyl/N-ethyl adjacent to an activating group) is 1. The molecule has 9 nitrogen and oxygen atoms in total. The number of fused-ring (bicyclic) bond motifs is 3. The Labute approximate surface area is 283 Å². The summed E-state index contributed by atoms with van der Waals surface area (Å²) in [6, 6.07) is 16.6. The van der Waals surface area contributed by atoms with Gasteiger partial charge in [-0.3, -0.25) is 0 Å². The average Bonchev–Trinajstić information content (AvgIpc) is 3.42. The fourth-order valence-corrected chi connectivity index (χ4v) is 5.54. The van der Waals surface area contributed by atoms with Gasteiger partial charge < -0.3 is 38.1 Å². The van der Waals surface area contributed by atoms with Gasteiger partial charge in [0.1, 0.15) is 6.61 Å². The zero-order valence-corrected chi connectivity index (χ0v) is 29.0. The maximum atomic E-state index is 12.6. The van der Waals surface area contributed by atoms with Gasteiger partial charge in [-0.25, -0.2) is 4.79 Å². The second kappa shape index (κ2) is 25.5. The summed E-state index contributed by atoms with van der Waals surface area (Å²) in [5.74, 6) is 0.0500. The molecule has 0 radical (unpaired) electrons. The number of rotatable bonds is 29. The van der Waals surface area contributed by atoms with Gasteiger partial charge in [0.25, 0.3) is 0 Å². The largest absolute Gasteiger partial charge is 0.448 e. The van der Waals surface area contributed by atoms with Gasteiger partial charge in [-0.05, 0) is 28.7 Å². The molecule has 0 spiro atoms. The summed E-state index contributed by atoms with van der Waals surface area (Å²) in [5, 5.41) is 0. The number of carbonyl (C=O) groups excluding carboxylic acids is 1. The van der Waals surface area contributed by atoms with Gasteiger partial charge in [0, 0.05) is 26.1 Å². The van der Waals surface area contributed by atoms with Gasteiger partial charge in [-0.2, -0.15) is 0 Å². The molecular weight excluding hydrogens is 598 g/mol. The molecule has 2 aromatic rings. The highest BCUT2D eigenvalue weighted by Crippen LogP contribution is 2.44. The zero-order valence-electron chi connectivity index (χ0n) is 29.0. The van der Waals surface area contributed by atoms with Gasteiger partial charge in [-0.15, -0.1) is 0 Å². The van der Waals surface area contributed by atoms with E-state index in [1.54, 1.807) is 11.9 Å². The van der Waals surface area contributed by atoms with E-state index < -0.39 is 0 Å². The van der Waals surface area contributed by atoms with Crippen molar-refractivity contribution in [2.45, 2.75) is 64.2 Å². The third-order valence-electron chi connectivity index (χ3n) is 8.22. The molecule has 0 aliphatic heterocycles. The predicted molar refractivity (Wildman–Crippen MR) is 185 cm³/mol. The monoisotopic (exact) mass is 657 g/mol. The van der Waals surface area contributed by atoms with E-state index in [0.29, 0.717) is 85.8 Å². The van der Waals surface area contributed by atoms with Gasteiger partial charge >= 0.3 is 6.09 Å². The van der Waals surface area contributed by atoms with E-state index >= 15 is 0 Å². The summed E-state index contributed by atoms with van der Waals surface area (Å²) in [4.78, 5) is 14.1. The Morgan fingerprint density at radius 1 is 0.553 bits per heavy atom. The van der Waals surface area contributed by atoms with Crippen LogP contribution in [-0.2, 0) is 33.2 Å². The molecule has 2 aromatic carbocycles. The molecule has 1 aliphatic rings. The van der Waals surface area contributed by atoms with Gasteiger partial charge in [0.15, 0.2) is 0 Å². The van der Waals surface area contributed by atoms with Crippen LogP contribution >= 0.6 is 0 Å². The normalized spacial score (nSPS) is 12.3. The van der Waals surface area contributed by atoms with Crippen LogP contribution in [0.3, 0.4) is 0 Å². The highest BCUT2D eigenvalue weighted by Gasteiger charge is 2.29. The van der Waals surface area contributed by atoms with Crippen LogP contribution in [0.2, 0.25) is 0 Å². The van der Waals surface area contributed by atoms with Crippen molar-refractivity contribution in [3.63, 3.8) is 0 Å². The lowest BCUT2D eigenvalue weighted by molar-refractivity contribution is -0.0174. The van der Waals surface area contributed by atoms with Gasteiger partial charge in [0.2, 0.25) is 0 Å². The molecule has 264 valence electrons. The average molecular weight is 658 g/mol. The Morgan fingerprint density at radius 2 is 0.957 bits per heavy atom. The van der Waals surface area contributed by atoms with E-state index in [2.05, 4.69) is 31.2 Å². The number of hydrogen-bond acceptors (Lipinski definition) is 8. The van der Waals surface area contributed by atoms with Crippen molar-refractivity contribution in [2.24, 2.45) is 0 Å². The lowest BCUT2D eigenvalue weighted by atomic mass is 9.98. The fraction of sp³-hybridized carbons (Fsp3) is 0.658. The first-order valence-corrected chi connectivity index (χ1v) is 17.7. The van der Waals surface area contributed by atoms with E-state index in [4.69, 9.17) is 33.2 Å². The van der Waals surface area contributed by atoms with E-state index in [0.717, 1.165) is 13.0 Å². The number of amides is 1. The Balaban J connectivity index is 1.03. The van der Waals surface area contributed by atoms with Gasteiger partial charge in [0.05, 0.1) is 72.7 Å². The zero-order chi connectivity index (χ0) is 33.2. The van der Waals surface area contributed by atoms with Crippen molar-refractivity contribution >= 4 is 6.09 Å². The molecule has 0 N–H and O–H groups in total. The molecule has 0 saturated carbocycles. The third-order valence-corrected chi connectivity index (χ3v) is 8.22. The molecule has 1 amide bonds. The molecule has 0 aromatic heterocycles. The lowest BCUT2D eigenvalue weighted by Gasteiger charge is -2.19. The number of unbranched alkanes of at least 4 members (excludes halogenated alkanes) is 7. The Morgan fingerprint density at radius 3 is 1.45 bits per heavy atom. The molecule has 9 heteroatoms. The van der Waals surface area contributed by atoms with E-state index in [9.17, 15) is 4.79 Å². The first-order chi connectivity index (χ1) is 23.2. The molecule has 47 heavy (non-hydrogen) atoms. The quantitative estimate of drug-likeness (QED) is 0.0857. The maximum Gasteiger partial charge on any atom is 0.409 e. The van der Waals surface area contributed by atoms with Crippen LogP contribution in [0.5, 0.6) is 0 Å². The number of hydrogen-bond donors (Lipinski definition) is 0. The molecule has 0 saturated heterocycles. The molecule has 0 fully saturated rings. The summed E-state index contributed by atoms with van der Waals surface area (Å²) in [7, 11) is 1.72. The van der Waals surface area contributed by atoms with Crippen molar-refractivity contribution in [3.8, 4) is 11.1 Å². The van der Waals surface area contributed by atoms with Crippen molar-refractivity contribution in [1.82, 2.24) is 4.90 Å². The predicted octanol–water partition coefficient (Wildman–Crippen LogP) is 7.11. The summed E-state index contributed by atoms with van der Waals surface area (Å²) in [6.45, 7) is 9.55. The summed E-state index contributed by atoms with van der Waals surface area (Å²) in [6.07, 6.45) is 10.2. The minimum atomic E-state index is -0.352. The third kappa shape index (κ3) is 15.9. The molecule has 0 unspecified atom stereocenters. The second-order valence-corrected chi connectivity index (χ2v) is 11.9. The number of benzene rings is 2. The second-order valence-electron chi connectivity index (χ2n) is 11.9. The fourth-order valence-electron chi connectivity index (χ4n) is 5.54. The first kappa shape index (κ1) is 38.9. The summed E-state index contributed by atoms with van der Waals surface area (Å²) in [5.41, 5.74) is 4.83. The molecular formula is C38H59NO8. The summed E-state index contributed by atoms with van der Waals surface area (Å²) >= 11 is 0. The SMILES string of the molecule is CCCCCCCCCCOCCOCCOCCOCCOCCOCCN(C)C(=O)OCC1c2ccccc2-c2ccccc21. The Kier molecular flexibility index (Phi) is 21.1. The standard InChI is InChI=1S/C38H59NO8/c1-3-4-5-6-7-8-9-14-20-41-22-24-43-26-28-45-30-31-46-29-27-44-25-23-42-21-19-39(2)38(40)47-32-37-35-17-12-10-15-33(35)34-16-11-13-18-36(34)37/h10-13,15-18,37H,3-9,14,19-32H2,1-2H3. The van der Waals surface area contributed by atoms with E-state index in [-0.39, 0.29) is 12.0 Å². The highest BCUT2D eigenvalue weighted by atomic mass is 16.6. The smallest absolute Gasteiger partial charge is 0.409 e.